The molecule has 1 aliphatic rings. The van der Waals surface area contributed by atoms with Crippen LogP contribution in [0.2, 0.25) is 0 Å². The van der Waals surface area contributed by atoms with Gasteiger partial charge in [-0.2, -0.15) is 0 Å². The van der Waals surface area contributed by atoms with Crippen molar-refractivity contribution in [1.29, 1.82) is 0 Å². The van der Waals surface area contributed by atoms with Crippen LogP contribution in [0.4, 0.5) is 17.1 Å². The van der Waals surface area contributed by atoms with E-state index in [1.807, 2.05) is 0 Å². The Labute approximate surface area is 226 Å². The molecule has 202 valence electrons. The summed E-state index contributed by atoms with van der Waals surface area (Å²) in [5.41, 5.74) is 2.06. The maximum atomic E-state index is 13.8. The zero-order valence-electron chi connectivity index (χ0n) is 21.4. The average molecular weight is 568 g/mol. The third-order valence-corrected chi connectivity index (χ3v) is 9.14. The molecule has 10 nitrogen and oxygen atoms in total. The molecule has 1 heterocycles. The van der Waals surface area contributed by atoms with Gasteiger partial charge in [0.25, 0.3) is 26.0 Å². The molecule has 4 aromatic rings. The van der Waals surface area contributed by atoms with Gasteiger partial charge in [-0.05, 0) is 61.4 Å². The highest BCUT2D eigenvalue weighted by atomic mass is 32.2. The molecule has 0 bridgehead atoms. The number of aryl methyl sites for hydroxylation is 2. The van der Waals surface area contributed by atoms with Crippen LogP contribution in [0.5, 0.6) is 11.5 Å². The molecule has 0 spiro atoms. The van der Waals surface area contributed by atoms with Gasteiger partial charge < -0.3 is 14.8 Å². The quantitative estimate of drug-likeness (QED) is 0.282. The summed E-state index contributed by atoms with van der Waals surface area (Å²) >= 11 is 0. The van der Waals surface area contributed by atoms with Gasteiger partial charge in [0.05, 0.1) is 36.2 Å². The van der Waals surface area contributed by atoms with E-state index in [9.17, 15) is 21.6 Å². The lowest BCUT2D eigenvalue weighted by molar-refractivity contribution is 0.103. The van der Waals surface area contributed by atoms with E-state index in [0.29, 0.717) is 0 Å². The van der Waals surface area contributed by atoms with Gasteiger partial charge in [-0.25, -0.2) is 16.8 Å². The van der Waals surface area contributed by atoms with Crippen molar-refractivity contribution in [2.45, 2.75) is 23.6 Å². The topological polar surface area (TPSA) is 140 Å². The third kappa shape index (κ3) is 4.61. The molecule has 0 saturated carbocycles. The highest BCUT2D eigenvalue weighted by Gasteiger charge is 2.34. The standard InChI is InChI=1S/C27H25N3O7S2/c1-15-8-10-21(36-3)19(12-15)29-38(32,33)23-14-24(26-25-17(23)6-5-7-18(25)27(31)28-26)39(34,35)30-20-13-16(2)9-11-22(20)37-4/h5-14,29-30H,1-4H3,(H,28,31). The second kappa shape index (κ2) is 9.47. The molecule has 0 radical (unpaired) electrons. The molecule has 0 aromatic heterocycles. The van der Waals surface area contributed by atoms with Gasteiger partial charge in [0.1, 0.15) is 16.4 Å². The highest BCUT2D eigenvalue weighted by Crippen LogP contribution is 2.43. The van der Waals surface area contributed by atoms with E-state index in [-0.39, 0.29) is 49.8 Å². The minimum atomic E-state index is -4.42. The molecule has 0 fully saturated rings. The van der Waals surface area contributed by atoms with Crippen LogP contribution in [0, 0.1) is 13.8 Å². The Balaban J connectivity index is 1.73. The number of anilines is 3. The Hall–Kier alpha value is -4.29. The monoisotopic (exact) mass is 567 g/mol. The molecular formula is C27H25N3O7S2. The molecule has 0 atom stereocenters. The Morgan fingerprint density at radius 2 is 1.26 bits per heavy atom. The maximum absolute atomic E-state index is 13.8. The van der Waals surface area contributed by atoms with Crippen molar-refractivity contribution in [3.8, 4) is 11.5 Å². The van der Waals surface area contributed by atoms with Crippen LogP contribution in [0.1, 0.15) is 21.5 Å². The molecule has 0 aliphatic carbocycles. The summed E-state index contributed by atoms with van der Waals surface area (Å²) in [7, 11) is -5.98. The van der Waals surface area contributed by atoms with Crippen LogP contribution in [0.25, 0.3) is 10.8 Å². The minimum Gasteiger partial charge on any atom is -0.495 e. The van der Waals surface area contributed by atoms with Gasteiger partial charge >= 0.3 is 0 Å². The molecule has 4 aromatic carbocycles. The van der Waals surface area contributed by atoms with Crippen molar-refractivity contribution in [2.75, 3.05) is 29.0 Å². The Kier molecular flexibility index (Phi) is 6.39. The summed E-state index contributed by atoms with van der Waals surface area (Å²) in [5.74, 6) is 0.0169. The van der Waals surface area contributed by atoms with Crippen LogP contribution in [-0.2, 0) is 20.0 Å². The summed E-state index contributed by atoms with van der Waals surface area (Å²) in [6.45, 7) is 3.58. The molecule has 1 aliphatic heterocycles. The van der Waals surface area contributed by atoms with E-state index < -0.39 is 30.8 Å². The second-order valence-corrected chi connectivity index (χ2v) is 12.4. The lowest BCUT2D eigenvalue weighted by Crippen LogP contribution is -2.18. The number of carbonyl (C=O) groups is 1. The molecule has 39 heavy (non-hydrogen) atoms. The SMILES string of the molecule is COc1ccc(C)cc1NS(=O)(=O)c1cc(S(=O)(=O)Nc2cc(C)ccc2OC)c2cccc3c2c1NC3=O. The fourth-order valence-electron chi connectivity index (χ4n) is 4.55. The number of amides is 1. The first-order chi connectivity index (χ1) is 18.4. The van der Waals surface area contributed by atoms with E-state index >= 15 is 0 Å². The lowest BCUT2D eigenvalue weighted by atomic mass is 10.1. The van der Waals surface area contributed by atoms with Gasteiger partial charge in [0.2, 0.25) is 0 Å². The molecule has 5 rings (SSSR count). The Morgan fingerprint density at radius 3 is 1.79 bits per heavy atom. The lowest BCUT2D eigenvalue weighted by Gasteiger charge is -2.18. The number of carbonyl (C=O) groups excluding carboxylic acids is 1. The van der Waals surface area contributed by atoms with Gasteiger partial charge in [-0.1, -0.05) is 24.3 Å². The van der Waals surface area contributed by atoms with E-state index in [1.54, 1.807) is 56.3 Å². The smallest absolute Gasteiger partial charge is 0.264 e. The van der Waals surface area contributed by atoms with Crippen molar-refractivity contribution in [2.24, 2.45) is 0 Å². The van der Waals surface area contributed by atoms with E-state index in [0.717, 1.165) is 17.2 Å². The number of nitrogens with one attached hydrogen (secondary N) is 3. The fourth-order valence-corrected chi connectivity index (χ4v) is 7.17. The van der Waals surface area contributed by atoms with Crippen LogP contribution in [-0.4, -0.2) is 37.0 Å². The summed E-state index contributed by atoms with van der Waals surface area (Å²) in [6.07, 6.45) is 0. The van der Waals surface area contributed by atoms with E-state index in [2.05, 4.69) is 14.8 Å². The van der Waals surface area contributed by atoms with E-state index in [1.165, 1.54) is 26.4 Å². The van der Waals surface area contributed by atoms with Crippen LogP contribution in [0.15, 0.2) is 70.5 Å². The summed E-state index contributed by atoms with van der Waals surface area (Å²) in [4.78, 5) is 12.0. The normalized spacial score (nSPS) is 12.8. The van der Waals surface area contributed by atoms with Crippen LogP contribution >= 0.6 is 0 Å². The minimum absolute atomic E-state index is 0.00296. The zero-order valence-corrected chi connectivity index (χ0v) is 23.1. The first-order valence-electron chi connectivity index (χ1n) is 11.7. The highest BCUT2D eigenvalue weighted by molar-refractivity contribution is 7.93. The van der Waals surface area contributed by atoms with Gasteiger partial charge in [-0.15, -0.1) is 0 Å². The summed E-state index contributed by atoms with van der Waals surface area (Å²) in [5, 5.41) is 2.98. The van der Waals surface area contributed by atoms with Gasteiger partial charge in [-0.3, -0.25) is 14.2 Å². The molecule has 0 unspecified atom stereocenters. The number of methoxy groups -OCH3 is 2. The number of benzene rings is 4. The number of rotatable bonds is 8. The van der Waals surface area contributed by atoms with Crippen molar-refractivity contribution < 1.29 is 31.1 Å². The van der Waals surface area contributed by atoms with Gasteiger partial charge in [0, 0.05) is 16.3 Å². The summed E-state index contributed by atoms with van der Waals surface area (Å²) in [6, 6.07) is 15.6. The molecule has 1 amide bonds. The molecule has 0 saturated heterocycles. The molecular weight excluding hydrogens is 542 g/mol. The van der Waals surface area contributed by atoms with Crippen molar-refractivity contribution in [1.82, 2.24) is 0 Å². The van der Waals surface area contributed by atoms with Crippen LogP contribution < -0.4 is 24.2 Å². The van der Waals surface area contributed by atoms with Crippen LogP contribution in [0.3, 0.4) is 0 Å². The average Bonchev–Trinajstić information content (AvgIpc) is 3.21. The predicted molar refractivity (Wildman–Crippen MR) is 149 cm³/mol. The molecule has 12 heteroatoms. The van der Waals surface area contributed by atoms with Gasteiger partial charge in [0.15, 0.2) is 0 Å². The fraction of sp³-hybridized carbons (Fsp3) is 0.148. The number of hydrogen-bond donors (Lipinski definition) is 3. The Bertz CT molecular complexity index is 1890. The van der Waals surface area contributed by atoms with E-state index in [4.69, 9.17) is 9.47 Å². The maximum Gasteiger partial charge on any atom is 0.264 e. The Morgan fingerprint density at radius 1 is 0.718 bits per heavy atom. The predicted octanol–water partition coefficient (Wildman–Crippen LogP) is 4.64. The number of ether oxygens (including phenoxy) is 2. The third-order valence-electron chi connectivity index (χ3n) is 6.35. The zero-order chi connectivity index (χ0) is 28.1. The molecule has 3 N–H and O–H groups in total. The van der Waals surface area contributed by atoms with Crippen molar-refractivity contribution in [3.05, 3.63) is 77.4 Å². The summed E-state index contributed by atoms with van der Waals surface area (Å²) < 4.78 is 70.7. The second-order valence-electron chi connectivity index (χ2n) is 9.05. The number of hydrogen-bond acceptors (Lipinski definition) is 7. The van der Waals surface area contributed by atoms with Crippen molar-refractivity contribution >= 4 is 53.8 Å². The first-order valence-corrected chi connectivity index (χ1v) is 14.7. The largest absolute Gasteiger partial charge is 0.495 e. The first kappa shape index (κ1) is 26.3. The number of sulfonamides is 2. The van der Waals surface area contributed by atoms with Crippen molar-refractivity contribution in [3.63, 3.8) is 0 Å².